The summed E-state index contributed by atoms with van der Waals surface area (Å²) < 4.78 is 7.87. The number of hydrogen-bond donors (Lipinski definition) is 1. The third-order valence-corrected chi connectivity index (χ3v) is 5.16. The third kappa shape index (κ3) is 3.29. The van der Waals surface area contributed by atoms with Gasteiger partial charge in [0.2, 0.25) is 5.91 Å². The maximum absolute atomic E-state index is 12.9. The molecule has 0 saturated carbocycles. The Balaban J connectivity index is 1.58. The fourth-order valence-electron chi connectivity index (χ4n) is 3.98. The third-order valence-electron chi connectivity index (χ3n) is 5.16. The molecular weight excluding hydrogens is 338 g/mol. The SMILES string of the molecule is CCc1nc2ccccc2n1CC(=O)NC1CCOc2c(C)cc(C)cc21. The number of aryl methyl sites for hydroxylation is 3. The van der Waals surface area contributed by atoms with Crippen molar-refractivity contribution < 1.29 is 9.53 Å². The van der Waals surface area contributed by atoms with Crippen LogP contribution in [-0.2, 0) is 17.8 Å². The van der Waals surface area contributed by atoms with E-state index in [9.17, 15) is 4.79 Å². The Morgan fingerprint density at radius 1 is 1.30 bits per heavy atom. The number of aromatic nitrogens is 2. The molecule has 1 aliphatic heterocycles. The zero-order valence-corrected chi connectivity index (χ0v) is 16.1. The number of nitrogens with one attached hydrogen (secondary N) is 1. The molecule has 1 aromatic heterocycles. The molecule has 1 N–H and O–H groups in total. The fraction of sp³-hybridized carbons (Fsp3) is 0.364. The lowest BCUT2D eigenvalue weighted by Crippen LogP contribution is -2.35. The van der Waals surface area contributed by atoms with Crippen molar-refractivity contribution in [3.8, 4) is 5.75 Å². The van der Waals surface area contributed by atoms with Crippen molar-refractivity contribution in [1.82, 2.24) is 14.9 Å². The second-order valence-electron chi connectivity index (χ2n) is 7.21. The zero-order chi connectivity index (χ0) is 19.0. The average molecular weight is 363 g/mol. The molecule has 5 heteroatoms. The summed E-state index contributed by atoms with van der Waals surface area (Å²) in [5.74, 6) is 1.86. The smallest absolute Gasteiger partial charge is 0.240 e. The Kier molecular flexibility index (Phi) is 4.60. The molecule has 3 aromatic rings. The summed E-state index contributed by atoms with van der Waals surface area (Å²) in [4.78, 5) is 17.5. The van der Waals surface area contributed by atoms with Crippen LogP contribution in [0.25, 0.3) is 11.0 Å². The average Bonchev–Trinajstić information content (AvgIpc) is 3.00. The first-order chi connectivity index (χ1) is 13.1. The number of hydrogen-bond acceptors (Lipinski definition) is 3. The summed E-state index contributed by atoms with van der Waals surface area (Å²) in [5, 5.41) is 3.22. The maximum Gasteiger partial charge on any atom is 0.240 e. The highest BCUT2D eigenvalue weighted by molar-refractivity contribution is 5.81. The Morgan fingerprint density at radius 3 is 2.93 bits per heavy atom. The summed E-state index contributed by atoms with van der Waals surface area (Å²) in [6, 6.07) is 12.2. The van der Waals surface area contributed by atoms with Gasteiger partial charge in [0.15, 0.2) is 0 Å². The van der Waals surface area contributed by atoms with Crippen LogP contribution in [0.2, 0.25) is 0 Å². The van der Waals surface area contributed by atoms with E-state index in [2.05, 4.69) is 43.2 Å². The second-order valence-corrected chi connectivity index (χ2v) is 7.21. The van der Waals surface area contributed by atoms with E-state index in [4.69, 9.17) is 4.74 Å². The number of ether oxygens (including phenoxy) is 1. The standard InChI is InChI=1S/C22H25N3O2/c1-4-20-23-18-7-5-6-8-19(18)25(20)13-21(26)24-17-9-10-27-22-15(3)11-14(2)12-16(17)22/h5-8,11-12,17H,4,9-10,13H2,1-3H3,(H,24,26). The number of nitrogens with zero attached hydrogens (tertiary/aromatic N) is 2. The summed E-state index contributed by atoms with van der Waals surface area (Å²) in [5.41, 5.74) is 5.33. The predicted molar refractivity (Wildman–Crippen MR) is 106 cm³/mol. The van der Waals surface area contributed by atoms with Gasteiger partial charge in [0, 0.05) is 18.4 Å². The Bertz CT molecular complexity index is 1010. The van der Waals surface area contributed by atoms with Crippen LogP contribution in [0.1, 0.15) is 41.9 Å². The molecule has 0 saturated heterocycles. The minimum absolute atomic E-state index is 0.00450. The number of para-hydroxylation sites is 2. The lowest BCUT2D eigenvalue weighted by atomic mass is 9.95. The van der Waals surface area contributed by atoms with E-state index >= 15 is 0 Å². The topological polar surface area (TPSA) is 56.2 Å². The summed E-state index contributed by atoms with van der Waals surface area (Å²) in [7, 11) is 0. The van der Waals surface area contributed by atoms with Crippen molar-refractivity contribution in [3.63, 3.8) is 0 Å². The summed E-state index contributed by atoms with van der Waals surface area (Å²) >= 11 is 0. The van der Waals surface area contributed by atoms with Crippen molar-refractivity contribution in [3.05, 3.63) is 58.9 Å². The Labute approximate surface area is 159 Å². The molecule has 1 aliphatic rings. The number of rotatable bonds is 4. The lowest BCUT2D eigenvalue weighted by Gasteiger charge is -2.28. The van der Waals surface area contributed by atoms with Gasteiger partial charge in [0.25, 0.3) is 0 Å². The van der Waals surface area contributed by atoms with E-state index in [1.165, 1.54) is 5.56 Å². The molecule has 27 heavy (non-hydrogen) atoms. The molecule has 4 rings (SSSR count). The van der Waals surface area contributed by atoms with Crippen molar-refractivity contribution >= 4 is 16.9 Å². The maximum atomic E-state index is 12.9. The monoisotopic (exact) mass is 363 g/mol. The van der Waals surface area contributed by atoms with Crippen molar-refractivity contribution in [2.75, 3.05) is 6.61 Å². The Hall–Kier alpha value is -2.82. The van der Waals surface area contributed by atoms with Crippen LogP contribution < -0.4 is 10.1 Å². The van der Waals surface area contributed by atoms with Gasteiger partial charge in [-0.25, -0.2) is 4.98 Å². The van der Waals surface area contributed by atoms with Crippen LogP contribution in [-0.4, -0.2) is 22.1 Å². The van der Waals surface area contributed by atoms with Crippen LogP contribution in [0, 0.1) is 13.8 Å². The lowest BCUT2D eigenvalue weighted by molar-refractivity contribution is -0.122. The summed E-state index contributed by atoms with van der Waals surface area (Å²) in [6.45, 7) is 7.10. The molecular formula is C22H25N3O2. The molecule has 2 heterocycles. The second kappa shape index (κ2) is 7.06. The minimum Gasteiger partial charge on any atom is -0.493 e. The molecule has 1 atom stereocenters. The first-order valence-corrected chi connectivity index (χ1v) is 9.54. The van der Waals surface area contributed by atoms with Crippen LogP contribution >= 0.6 is 0 Å². The van der Waals surface area contributed by atoms with E-state index in [1.54, 1.807) is 0 Å². The number of imidazole rings is 1. The largest absolute Gasteiger partial charge is 0.493 e. The van der Waals surface area contributed by atoms with E-state index in [0.29, 0.717) is 6.61 Å². The van der Waals surface area contributed by atoms with Gasteiger partial charge in [0.05, 0.1) is 23.7 Å². The van der Waals surface area contributed by atoms with Gasteiger partial charge in [-0.1, -0.05) is 36.8 Å². The number of amides is 1. The van der Waals surface area contributed by atoms with Gasteiger partial charge in [-0.15, -0.1) is 0 Å². The highest BCUT2D eigenvalue weighted by atomic mass is 16.5. The molecule has 5 nitrogen and oxygen atoms in total. The van der Waals surface area contributed by atoms with Gasteiger partial charge < -0.3 is 14.6 Å². The molecule has 0 aliphatic carbocycles. The van der Waals surface area contributed by atoms with E-state index < -0.39 is 0 Å². The van der Waals surface area contributed by atoms with Gasteiger partial charge >= 0.3 is 0 Å². The molecule has 1 amide bonds. The highest BCUT2D eigenvalue weighted by Crippen LogP contribution is 2.35. The highest BCUT2D eigenvalue weighted by Gasteiger charge is 2.25. The molecule has 0 spiro atoms. The number of fused-ring (bicyclic) bond motifs is 2. The number of benzene rings is 2. The van der Waals surface area contributed by atoms with Gasteiger partial charge in [0.1, 0.15) is 18.1 Å². The van der Waals surface area contributed by atoms with Crippen molar-refractivity contribution in [2.45, 2.75) is 46.2 Å². The van der Waals surface area contributed by atoms with Crippen molar-refractivity contribution in [1.29, 1.82) is 0 Å². The number of carbonyl (C=O) groups excluding carboxylic acids is 1. The minimum atomic E-state index is -0.0142. The van der Waals surface area contributed by atoms with Crippen LogP contribution in [0.5, 0.6) is 5.75 Å². The number of carbonyl (C=O) groups is 1. The summed E-state index contributed by atoms with van der Waals surface area (Å²) in [6.07, 6.45) is 1.58. The van der Waals surface area contributed by atoms with Crippen LogP contribution in [0.15, 0.2) is 36.4 Å². The molecule has 2 aromatic carbocycles. The Morgan fingerprint density at radius 2 is 2.11 bits per heavy atom. The fourth-order valence-corrected chi connectivity index (χ4v) is 3.98. The van der Waals surface area contributed by atoms with E-state index in [1.807, 2.05) is 28.8 Å². The van der Waals surface area contributed by atoms with E-state index in [-0.39, 0.29) is 18.5 Å². The molecule has 1 unspecified atom stereocenters. The van der Waals surface area contributed by atoms with E-state index in [0.717, 1.165) is 46.6 Å². The first kappa shape index (κ1) is 17.6. The quantitative estimate of drug-likeness (QED) is 0.766. The van der Waals surface area contributed by atoms with Crippen molar-refractivity contribution in [2.24, 2.45) is 0 Å². The zero-order valence-electron chi connectivity index (χ0n) is 16.1. The molecule has 0 radical (unpaired) electrons. The van der Waals surface area contributed by atoms with Gasteiger partial charge in [-0.3, -0.25) is 4.79 Å². The van der Waals surface area contributed by atoms with Crippen LogP contribution in [0.4, 0.5) is 0 Å². The van der Waals surface area contributed by atoms with Gasteiger partial charge in [-0.05, 0) is 31.5 Å². The van der Waals surface area contributed by atoms with Gasteiger partial charge in [-0.2, -0.15) is 0 Å². The van der Waals surface area contributed by atoms with Crippen LogP contribution in [0.3, 0.4) is 0 Å². The first-order valence-electron chi connectivity index (χ1n) is 9.54. The normalized spacial score (nSPS) is 16.0. The molecule has 140 valence electrons. The predicted octanol–water partition coefficient (Wildman–Crippen LogP) is 3.86. The molecule has 0 bridgehead atoms. The molecule has 0 fully saturated rings.